The summed E-state index contributed by atoms with van der Waals surface area (Å²) in [5.74, 6) is 1.14. The standard InChI is InChI=1S/C18H18OS/c1-2-14-20-18-11-7-6-10-16(18)12-13-17(19)15-8-4-3-5-9-15/h3-13H,2,14H2,1H3/b13-12+. The van der Waals surface area contributed by atoms with Crippen molar-refractivity contribution >= 4 is 23.6 Å². The van der Waals surface area contributed by atoms with Crippen LogP contribution in [0, 0.1) is 0 Å². The van der Waals surface area contributed by atoms with Gasteiger partial charge in [0.25, 0.3) is 0 Å². The third-order valence-corrected chi connectivity index (χ3v) is 4.15. The van der Waals surface area contributed by atoms with Crippen LogP contribution in [0.5, 0.6) is 0 Å². The fraction of sp³-hybridized carbons (Fsp3) is 0.167. The Balaban J connectivity index is 2.13. The first kappa shape index (κ1) is 14.6. The van der Waals surface area contributed by atoms with Crippen molar-refractivity contribution in [2.75, 3.05) is 5.75 Å². The molecule has 0 aromatic heterocycles. The van der Waals surface area contributed by atoms with Crippen LogP contribution in [0.4, 0.5) is 0 Å². The lowest BCUT2D eigenvalue weighted by Gasteiger charge is -2.04. The van der Waals surface area contributed by atoms with E-state index in [1.807, 2.05) is 66.4 Å². The zero-order chi connectivity index (χ0) is 14.2. The van der Waals surface area contributed by atoms with Crippen molar-refractivity contribution in [1.29, 1.82) is 0 Å². The first-order chi connectivity index (χ1) is 9.81. The number of benzene rings is 2. The minimum atomic E-state index is 0.0425. The first-order valence-electron chi connectivity index (χ1n) is 6.80. The van der Waals surface area contributed by atoms with Crippen LogP contribution >= 0.6 is 11.8 Å². The third kappa shape index (κ3) is 4.10. The third-order valence-electron chi connectivity index (χ3n) is 2.85. The molecule has 0 fully saturated rings. The highest BCUT2D eigenvalue weighted by molar-refractivity contribution is 7.99. The van der Waals surface area contributed by atoms with Crippen molar-refractivity contribution in [2.24, 2.45) is 0 Å². The van der Waals surface area contributed by atoms with Crippen molar-refractivity contribution in [3.63, 3.8) is 0 Å². The molecule has 20 heavy (non-hydrogen) atoms. The largest absolute Gasteiger partial charge is 0.289 e. The van der Waals surface area contributed by atoms with Crippen LogP contribution in [0.15, 0.2) is 65.6 Å². The van der Waals surface area contributed by atoms with E-state index >= 15 is 0 Å². The summed E-state index contributed by atoms with van der Waals surface area (Å²) in [6, 6.07) is 17.5. The summed E-state index contributed by atoms with van der Waals surface area (Å²) < 4.78 is 0. The van der Waals surface area contributed by atoms with Gasteiger partial charge in [-0.2, -0.15) is 0 Å². The van der Waals surface area contributed by atoms with E-state index in [9.17, 15) is 4.79 Å². The molecule has 0 aliphatic heterocycles. The number of thioether (sulfide) groups is 1. The average Bonchev–Trinajstić information content (AvgIpc) is 2.52. The van der Waals surface area contributed by atoms with Gasteiger partial charge in [0.05, 0.1) is 0 Å². The van der Waals surface area contributed by atoms with Gasteiger partial charge in [0.2, 0.25) is 0 Å². The van der Waals surface area contributed by atoms with Gasteiger partial charge in [-0.3, -0.25) is 4.79 Å². The van der Waals surface area contributed by atoms with Crippen molar-refractivity contribution in [1.82, 2.24) is 0 Å². The number of rotatable bonds is 6. The highest BCUT2D eigenvalue weighted by Crippen LogP contribution is 2.24. The molecule has 0 saturated carbocycles. The Kier molecular flexibility index (Phi) is 5.63. The van der Waals surface area contributed by atoms with Gasteiger partial charge in [-0.1, -0.05) is 55.5 Å². The molecule has 0 amide bonds. The molecule has 0 heterocycles. The number of carbonyl (C=O) groups is 1. The van der Waals surface area contributed by atoms with Gasteiger partial charge in [0, 0.05) is 10.5 Å². The van der Waals surface area contributed by atoms with Crippen LogP contribution in [0.3, 0.4) is 0 Å². The SMILES string of the molecule is CCCSc1ccccc1/C=C/C(=O)c1ccccc1. The molecule has 0 aliphatic carbocycles. The molecule has 0 bridgehead atoms. The number of hydrogen-bond acceptors (Lipinski definition) is 2. The molecule has 0 atom stereocenters. The molecule has 0 saturated heterocycles. The lowest BCUT2D eigenvalue weighted by Crippen LogP contribution is -1.93. The molecule has 0 aliphatic rings. The Bertz CT molecular complexity index is 587. The Labute approximate surface area is 124 Å². The number of carbonyl (C=O) groups excluding carboxylic acids is 1. The number of ketones is 1. The van der Waals surface area contributed by atoms with Crippen molar-refractivity contribution in [2.45, 2.75) is 18.2 Å². The molecule has 2 aromatic rings. The second kappa shape index (κ2) is 7.71. The van der Waals surface area contributed by atoms with Crippen LogP contribution in [-0.2, 0) is 0 Å². The lowest BCUT2D eigenvalue weighted by molar-refractivity contribution is 0.104. The van der Waals surface area contributed by atoms with E-state index in [0.29, 0.717) is 0 Å². The smallest absolute Gasteiger partial charge is 0.185 e. The normalized spacial score (nSPS) is 10.8. The van der Waals surface area contributed by atoms with E-state index in [1.165, 1.54) is 4.90 Å². The van der Waals surface area contributed by atoms with E-state index in [0.717, 1.165) is 23.3 Å². The van der Waals surface area contributed by atoms with Crippen molar-refractivity contribution in [3.05, 3.63) is 71.8 Å². The van der Waals surface area contributed by atoms with Crippen LogP contribution in [-0.4, -0.2) is 11.5 Å². The fourth-order valence-electron chi connectivity index (χ4n) is 1.83. The van der Waals surface area contributed by atoms with Gasteiger partial charge in [-0.05, 0) is 36.0 Å². The minimum absolute atomic E-state index is 0.0425. The van der Waals surface area contributed by atoms with Gasteiger partial charge >= 0.3 is 0 Å². The summed E-state index contributed by atoms with van der Waals surface area (Å²) >= 11 is 1.83. The summed E-state index contributed by atoms with van der Waals surface area (Å²) in [5.41, 5.74) is 1.83. The minimum Gasteiger partial charge on any atom is -0.289 e. The predicted octanol–water partition coefficient (Wildman–Crippen LogP) is 5.08. The molecule has 0 N–H and O–H groups in total. The Hall–Kier alpha value is -1.80. The van der Waals surface area contributed by atoms with Gasteiger partial charge < -0.3 is 0 Å². The zero-order valence-corrected chi connectivity index (χ0v) is 12.4. The summed E-state index contributed by atoms with van der Waals surface area (Å²) in [4.78, 5) is 13.3. The molecule has 102 valence electrons. The molecule has 0 spiro atoms. The monoisotopic (exact) mass is 282 g/mol. The van der Waals surface area contributed by atoms with Crippen LogP contribution in [0.25, 0.3) is 6.08 Å². The lowest BCUT2D eigenvalue weighted by atomic mass is 10.1. The summed E-state index contributed by atoms with van der Waals surface area (Å²) in [6.07, 6.45) is 4.71. The van der Waals surface area contributed by atoms with E-state index < -0.39 is 0 Å². The van der Waals surface area contributed by atoms with Gasteiger partial charge in [-0.25, -0.2) is 0 Å². The maximum Gasteiger partial charge on any atom is 0.185 e. The van der Waals surface area contributed by atoms with E-state index in [2.05, 4.69) is 13.0 Å². The van der Waals surface area contributed by atoms with Gasteiger partial charge in [-0.15, -0.1) is 11.8 Å². The Morgan fingerprint density at radius 2 is 1.75 bits per heavy atom. The quantitative estimate of drug-likeness (QED) is 0.417. The van der Waals surface area contributed by atoms with Gasteiger partial charge in [0.1, 0.15) is 0 Å². The second-order valence-electron chi connectivity index (χ2n) is 4.45. The molecular weight excluding hydrogens is 264 g/mol. The Morgan fingerprint density at radius 3 is 2.50 bits per heavy atom. The average molecular weight is 282 g/mol. The van der Waals surface area contributed by atoms with Crippen molar-refractivity contribution < 1.29 is 4.79 Å². The topological polar surface area (TPSA) is 17.1 Å². The summed E-state index contributed by atoms with van der Waals surface area (Å²) in [6.45, 7) is 2.17. The predicted molar refractivity (Wildman–Crippen MR) is 87.3 cm³/mol. The van der Waals surface area contributed by atoms with Crippen molar-refractivity contribution in [3.8, 4) is 0 Å². The summed E-state index contributed by atoms with van der Waals surface area (Å²) in [5, 5.41) is 0. The molecule has 2 rings (SSSR count). The molecular formula is C18H18OS. The van der Waals surface area contributed by atoms with Crippen LogP contribution < -0.4 is 0 Å². The molecule has 0 unspecified atom stereocenters. The summed E-state index contributed by atoms with van der Waals surface area (Å²) in [7, 11) is 0. The highest BCUT2D eigenvalue weighted by Gasteiger charge is 2.02. The second-order valence-corrected chi connectivity index (χ2v) is 5.59. The van der Waals surface area contributed by atoms with E-state index in [4.69, 9.17) is 0 Å². The number of allylic oxidation sites excluding steroid dienone is 1. The van der Waals surface area contributed by atoms with E-state index in [-0.39, 0.29) is 5.78 Å². The maximum absolute atomic E-state index is 12.0. The fourth-order valence-corrected chi connectivity index (χ4v) is 2.73. The first-order valence-corrected chi connectivity index (χ1v) is 7.79. The van der Waals surface area contributed by atoms with E-state index in [1.54, 1.807) is 6.08 Å². The maximum atomic E-state index is 12.0. The van der Waals surface area contributed by atoms with Crippen LogP contribution in [0.2, 0.25) is 0 Å². The Morgan fingerprint density at radius 1 is 1.05 bits per heavy atom. The molecule has 2 aromatic carbocycles. The van der Waals surface area contributed by atoms with Crippen LogP contribution in [0.1, 0.15) is 29.3 Å². The van der Waals surface area contributed by atoms with Gasteiger partial charge in [0.15, 0.2) is 5.78 Å². The zero-order valence-electron chi connectivity index (χ0n) is 11.6. The molecule has 1 nitrogen and oxygen atoms in total. The molecule has 2 heteroatoms. The highest BCUT2D eigenvalue weighted by atomic mass is 32.2. The molecule has 0 radical (unpaired) electrons. The number of hydrogen-bond donors (Lipinski definition) is 0.